The molecule has 0 aliphatic carbocycles. The van der Waals surface area contributed by atoms with Gasteiger partial charge in [-0.3, -0.25) is 0 Å². The Labute approximate surface area is 182 Å². The van der Waals surface area contributed by atoms with Gasteiger partial charge in [0.05, 0.1) is 40.2 Å². The van der Waals surface area contributed by atoms with Crippen molar-refractivity contribution in [1.82, 2.24) is 15.0 Å². The Hall–Kier alpha value is -2.96. The molecule has 30 heavy (non-hydrogen) atoms. The number of para-hydroxylation sites is 1. The van der Waals surface area contributed by atoms with Gasteiger partial charge in [-0.2, -0.15) is 0 Å². The summed E-state index contributed by atoms with van der Waals surface area (Å²) in [5.74, 6) is 0.398. The quantitative estimate of drug-likeness (QED) is 0.418. The Balaban J connectivity index is 1.73. The summed E-state index contributed by atoms with van der Waals surface area (Å²) in [6.07, 6.45) is 3.29. The molecule has 0 saturated carbocycles. The number of nitrogens with zero attached hydrogens (tertiary/aromatic N) is 4. The molecule has 0 amide bonds. The number of benzene rings is 2. The maximum absolute atomic E-state index is 14.1. The second-order valence-corrected chi connectivity index (χ2v) is 7.91. The molecular weight excluding hydrogens is 424 g/mol. The van der Waals surface area contributed by atoms with Crippen LogP contribution >= 0.6 is 23.2 Å². The Morgan fingerprint density at radius 2 is 2.00 bits per heavy atom. The molecule has 2 aromatic carbocycles. The predicted octanol–water partition coefficient (Wildman–Crippen LogP) is 6.09. The first kappa shape index (κ1) is 19.0. The van der Waals surface area contributed by atoms with Crippen LogP contribution in [0.4, 0.5) is 15.9 Å². The molecular formula is C22H16Cl2FN5. The summed E-state index contributed by atoms with van der Waals surface area (Å²) in [6.45, 7) is 2.63. The third-order valence-corrected chi connectivity index (χ3v) is 5.98. The zero-order valence-electron chi connectivity index (χ0n) is 15.9. The summed E-state index contributed by atoms with van der Waals surface area (Å²) < 4.78 is 14.1. The summed E-state index contributed by atoms with van der Waals surface area (Å²) in [5.41, 5.74) is 3.56. The van der Waals surface area contributed by atoms with Crippen LogP contribution in [0.1, 0.15) is 18.5 Å². The number of hydrogen-bond donors (Lipinski definition) is 1. The van der Waals surface area contributed by atoms with Gasteiger partial charge in [-0.1, -0.05) is 35.3 Å². The molecule has 3 heterocycles. The van der Waals surface area contributed by atoms with Gasteiger partial charge in [-0.15, -0.1) is 0 Å². The molecule has 0 radical (unpaired) electrons. The van der Waals surface area contributed by atoms with Gasteiger partial charge >= 0.3 is 0 Å². The fraction of sp³-hybridized carbons (Fsp3) is 0.136. The van der Waals surface area contributed by atoms with Crippen molar-refractivity contribution < 1.29 is 4.39 Å². The number of rotatable bonds is 3. The van der Waals surface area contributed by atoms with Crippen LogP contribution in [0.25, 0.3) is 22.2 Å². The van der Waals surface area contributed by atoms with Crippen molar-refractivity contribution in [2.45, 2.75) is 13.0 Å². The number of halogens is 3. The van der Waals surface area contributed by atoms with E-state index in [4.69, 9.17) is 28.2 Å². The highest BCUT2D eigenvalue weighted by molar-refractivity contribution is 6.35. The van der Waals surface area contributed by atoms with Gasteiger partial charge in [0, 0.05) is 16.5 Å². The van der Waals surface area contributed by atoms with E-state index in [0.717, 1.165) is 22.5 Å². The summed E-state index contributed by atoms with van der Waals surface area (Å²) >= 11 is 12.9. The van der Waals surface area contributed by atoms with Crippen LogP contribution in [-0.4, -0.2) is 21.6 Å². The number of anilines is 2. The first-order valence-electron chi connectivity index (χ1n) is 9.38. The Morgan fingerprint density at radius 1 is 1.13 bits per heavy atom. The van der Waals surface area contributed by atoms with Crippen molar-refractivity contribution in [3.8, 4) is 11.3 Å². The van der Waals surface area contributed by atoms with E-state index < -0.39 is 0 Å². The molecule has 150 valence electrons. The monoisotopic (exact) mass is 439 g/mol. The zero-order valence-corrected chi connectivity index (χ0v) is 17.4. The zero-order chi connectivity index (χ0) is 20.8. The molecule has 1 N–H and O–H groups in total. The summed E-state index contributed by atoms with van der Waals surface area (Å²) in [6, 6.07) is 11.8. The highest BCUT2D eigenvalue weighted by atomic mass is 35.5. The number of aromatic nitrogens is 3. The molecule has 1 aliphatic rings. The fourth-order valence-electron chi connectivity index (χ4n) is 3.82. The molecule has 0 bridgehead atoms. The van der Waals surface area contributed by atoms with E-state index in [1.165, 1.54) is 18.5 Å². The molecule has 1 atom stereocenters. The lowest BCUT2D eigenvalue weighted by molar-refractivity contribution is 0.628. The maximum atomic E-state index is 14.1. The minimum atomic E-state index is -0.379. The van der Waals surface area contributed by atoms with Crippen molar-refractivity contribution in [3.63, 3.8) is 0 Å². The average molecular weight is 440 g/mol. The van der Waals surface area contributed by atoms with Crippen LogP contribution < -0.4 is 10.2 Å². The predicted molar refractivity (Wildman–Crippen MR) is 119 cm³/mol. The van der Waals surface area contributed by atoms with E-state index in [9.17, 15) is 4.39 Å². The van der Waals surface area contributed by atoms with E-state index >= 15 is 0 Å². The second kappa shape index (κ2) is 7.38. The number of nitrogens with one attached hydrogen (secondary N) is 1. The largest absolute Gasteiger partial charge is 0.351 e. The van der Waals surface area contributed by atoms with Gasteiger partial charge in [0.15, 0.2) is 5.82 Å². The van der Waals surface area contributed by atoms with E-state index in [0.29, 0.717) is 33.5 Å². The highest BCUT2D eigenvalue weighted by Gasteiger charge is 2.28. The standard InChI is InChI=1S/C22H16Cl2FN5/c1-12(30-11-28-22-19(30)9-26-10-27-22)15-7-13-3-2-4-18(24)20(13)29-21(15)16-8-14(25)5-6-17(16)23/h2-10,12H,11H2,1H3,(H,26,27,28)/t12-/m0/s1. The van der Waals surface area contributed by atoms with Crippen molar-refractivity contribution in [2.24, 2.45) is 0 Å². The molecule has 5 nitrogen and oxygen atoms in total. The molecule has 0 unspecified atom stereocenters. The number of fused-ring (bicyclic) bond motifs is 2. The Morgan fingerprint density at radius 3 is 2.87 bits per heavy atom. The SMILES string of the molecule is C[C@@H](c1cc2cccc(Cl)c2nc1-c1cc(F)ccc1Cl)N1CNc2ncncc21. The van der Waals surface area contributed by atoms with Crippen molar-refractivity contribution in [3.05, 3.63) is 76.4 Å². The Kier molecular flexibility index (Phi) is 4.68. The lowest BCUT2D eigenvalue weighted by atomic mass is 9.97. The third-order valence-electron chi connectivity index (χ3n) is 5.35. The van der Waals surface area contributed by atoms with Crippen molar-refractivity contribution in [1.29, 1.82) is 0 Å². The van der Waals surface area contributed by atoms with E-state index in [1.54, 1.807) is 18.3 Å². The van der Waals surface area contributed by atoms with Crippen LogP contribution in [0.3, 0.4) is 0 Å². The molecule has 0 fully saturated rings. The number of pyridine rings is 1. The van der Waals surface area contributed by atoms with Crippen LogP contribution in [0, 0.1) is 5.82 Å². The first-order valence-corrected chi connectivity index (χ1v) is 10.1. The van der Waals surface area contributed by atoms with Gasteiger partial charge in [0.2, 0.25) is 0 Å². The van der Waals surface area contributed by atoms with Gasteiger partial charge in [-0.05, 0) is 37.3 Å². The van der Waals surface area contributed by atoms with Gasteiger partial charge in [0.25, 0.3) is 0 Å². The van der Waals surface area contributed by atoms with Crippen LogP contribution in [0.5, 0.6) is 0 Å². The summed E-state index contributed by atoms with van der Waals surface area (Å²) in [5, 5.41) is 5.13. The molecule has 4 aromatic rings. The summed E-state index contributed by atoms with van der Waals surface area (Å²) in [7, 11) is 0. The molecule has 1 aliphatic heterocycles. The molecule has 8 heteroatoms. The van der Waals surface area contributed by atoms with E-state index in [2.05, 4.69) is 27.1 Å². The van der Waals surface area contributed by atoms with E-state index in [-0.39, 0.29) is 11.9 Å². The third kappa shape index (κ3) is 3.13. The minimum Gasteiger partial charge on any atom is -0.351 e. The molecule has 0 saturated heterocycles. The first-order chi connectivity index (χ1) is 14.5. The topological polar surface area (TPSA) is 53.9 Å². The molecule has 5 rings (SSSR count). The molecule has 0 spiro atoms. The summed E-state index contributed by atoms with van der Waals surface area (Å²) in [4.78, 5) is 15.4. The highest BCUT2D eigenvalue weighted by Crippen LogP contribution is 2.41. The smallest absolute Gasteiger partial charge is 0.154 e. The lowest BCUT2D eigenvalue weighted by Crippen LogP contribution is -2.27. The fourth-order valence-corrected chi connectivity index (χ4v) is 4.25. The van der Waals surface area contributed by atoms with Crippen LogP contribution in [0.2, 0.25) is 10.0 Å². The average Bonchev–Trinajstić information content (AvgIpc) is 3.19. The van der Waals surface area contributed by atoms with Crippen LogP contribution in [0.15, 0.2) is 55.0 Å². The molecule has 2 aromatic heterocycles. The normalized spacial score (nSPS) is 13.9. The minimum absolute atomic E-state index is 0.116. The van der Waals surface area contributed by atoms with Crippen molar-refractivity contribution in [2.75, 3.05) is 16.9 Å². The maximum Gasteiger partial charge on any atom is 0.154 e. The van der Waals surface area contributed by atoms with Crippen LogP contribution in [-0.2, 0) is 0 Å². The second-order valence-electron chi connectivity index (χ2n) is 7.10. The van der Waals surface area contributed by atoms with Gasteiger partial charge in [-0.25, -0.2) is 19.3 Å². The number of hydrogen-bond acceptors (Lipinski definition) is 5. The Bertz CT molecular complexity index is 1280. The lowest BCUT2D eigenvalue weighted by Gasteiger charge is -2.28. The van der Waals surface area contributed by atoms with Gasteiger partial charge in [0.1, 0.15) is 17.8 Å². The van der Waals surface area contributed by atoms with Crippen molar-refractivity contribution >= 4 is 45.6 Å². The van der Waals surface area contributed by atoms with Gasteiger partial charge < -0.3 is 10.2 Å². The van der Waals surface area contributed by atoms with E-state index in [1.807, 2.05) is 18.2 Å².